The summed E-state index contributed by atoms with van der Waals surface area (Å²) >= 11 is 1.48. The predicted molar refractivity (Wildman–Crippen MR) is 155 cm³/mol. The molecule has 4 aromatic rings. The average Bonchev–Trinajstić information content (AvgIpc) is 3.72. The third-order valence-corrected chi connectivity index (χ3v) is 8.41. The first-order chi connectivity index (χ1) is 19.1. The van der Waals surface area contributed by atoms with Crippen LogP contribution in [0.5, 0.6) is 5.75 Å². The second kappa shape index (κ2) is 11.6. The first kappa shape index (κ1) is 25.6. The molecule has 2 saturated heterocycles. The minimum absolute atomic E-state index is 0.154. The standard InChI is InChI=1S/C30H34N6O2S/c1-34-18-12-25(13-19-34)38-24-8-6-23(7-9-24)36-17-3-4-27(36)26-21-39-30(32-26)33-29(37)28-5-2-16-35(28)20-22-10-14-31-15-11-22/h2,5-11,14-16,21,25,27H,3-4,12-13,17-20H2,1H3,(H,32,33,37)/t27-/m1/s1. The number of benzene rings is 1. The van der Waals surface area contributed by atoms with Crippen molar-refractivity contribution in [3.8, 4) is 5.75 Å². The molecule has 0 unspecified atom stereocenters. The molecular formula is C30H34N6O2S. The number of likely N-dealkylation sites (tertiary alicyclic amines) is 1. The minimum atomic E-state index is -0.154. The lowest BCUT2D eigenvalue weighted by Gasteiger charge is -2.29. The summed E-state index contributed by atoms with van der Waals surface area (Å²) < 4.78 is 8.19. The molecule has 1 atom stereocenters. The number of aromatic nitrogens is 3. The molecule has 9 heteroatoms. The fraction of sp³-hybridized carbons (Fsp3) is 0.367. The van der Waals surface area contributed by atoms with Crippen LogP contribution in [0.1, 0.15) is 53.5 Å². The van der Waals surface area contributed by atoms with Gasteiger partial charge in [-0.1, -0.05) is 0 Å². The number of nitrogens with one attached hydrogen (secondary N) is 1. The van der Waals surface area contributed by atoms with E-state index < -0.39 is 0 Å². The first-order valence-corrected chi connectivity index (χ1v) is 14.5. The molecule has 2 aliphatic heterocycles. The highest BCUT2D eigenvalue weighted by Crippen LogP contribution is 2.38. The Kier molecular flexibility index (Phi) is 7.60. The first-order valence-electron chi connectivity index (χ1n) is 13.6. The summed E-state index contributed by atoms with van der Waals surface area (Å²) in [4.78, 5) is 26.8. The average molecular weight is 543 g/mol. The van der Waals surface area contributed by atoms with Crippen molar-refractivity contribution in [1.82, 2.24) is 19.4 Å². The summed E-state index contributed by atoms with van der Waals surface area (Å²) in [5.41, 5.74) is 3.88. The number of hydrogen-bond acceptors (Lipinski definition) is 7. The van der Waals surface area contributed by atoms with Crippen LogP contribution < -0.4 is 15.0 Å². The van der Waals surface area contributed by atoms with Crippen molar-refractivity contribution in [2.45, 2.75) is 44.4 Å². The Morgan fingerprint density at radius 1 is 1.05 bits per heavy atom. The summed E-state index contributed by atoms with van der Waals surface area (Å²) in [5, 5.41) is 5.72. The van der Waals surface area contributed by atoms with Gasteiger partial charge in [-0.25, -0.2) is 4.98 Å². The van der Waals surface area contributed by atoms with Crippen LogP contribution in [0.25, 0.3) is 0 Å². The number of anilines is 2. The molecule has 39 heavy (non-hydrogen) atoms. The number of ether oxygens (including phenoxy) is 1. The van der Waals surface area contributed by atoms with Crippen molar-refractivity contribution in [3.05, 3.63) is 89.5 Å². The Hall–Kier alpha value is -3.69. The van der Waals surface area contributed by atoms with Crippen LogP contribution >= 0.6 is 11.3 Å². The van der Waals surface area contributed by atoms with Gasteiger partial charge in [-0.05, 0) is 86.8 Å². The molecule has 3 aromatic heterocycles. The summed E-state index contributed by atoms with van der Waals surface area (Å²) in [6.07, 6.45) is 10.1. The quantitative estimate of drug-likeness (QED) is 0.319. The van der Waals surface area contributed by atoms with Gasteiger partial charge in [-0.3, -0.25) is 15.1 Å². The lowest BCUT2D eigenvalue weighted by Crippen LogP contribution is -2.35. The summed E-state index contributed by atoms with van der Waals surface area (Å²) in [6, 6.07) is 16.4. The van der Waals surface area contributed by atoms with Gasteiger partial charge in [0.05, 0.1) is 11.7 Å². The van der Waals surface area contributed by atoms with E-state index in [1.807, 2.05) is 35.0 Å². The lowest BCUT2D eigenvalue weighted by molar-refractivity contribution is 0.101. The monoisotopic (exact) mass is 542 g/mol. The van der Waals surface area contributed by atoms with Crippen LogP contribution in [0.3, 0.4) is 0 Å². The molecule has 0 saturated carbocycles. The predicted octanol–water partition coefficient (Wildman–Crippen LogP) is 5.45. The molecule has 0 aliphatic carbocycles. The summed E-state index contributed by atoms with van der Waals surface area (Å²) in [5.74, 6) is 0.787. The van der Waals surface area contributed by atoms with Gasteiger partial charge < -0.3 is 19.1 Å². The third kappa shape index (κ3) is 5.99. The van der Waals surface area contributed by atoms with Crippen molar-refractivity contribution in [1.29, 1.82) is 0 Å². The molecule has 0 spiro atoms. The SMILES string of the molecule is CN1CCC(Oc2ccc(N3CCC[C@@H]3c3csc(NC(=O)c4cccn4Cc4ccncc4)n3)cc2)CC1. The van der Waals surface area contributed by atoms with Crippen molar-refractivity contribution in [2.24, 2.45) is 0 Å². The zero-order chi connectivity index (χ0) is 26.6. The van der Waals surface area contributed by atoms with E-state index in [1.54, 1.807) is 12.4 Å². The second-order valence-corrected chi connectivity index (χ2v) is 11.2. The highest BCUT2D eigenvalue weighted by atomic mass is 32.1. The van der Waals surface area contributed by atoms with E-state index in [0.29, 0.717) is 23.5 Å². The minimum Gasteiger partial charge on any atom is -0.490 e. The number of pyridine rings is 1. The third-order valence-electron chi connectivity index (χ3n) is 7.64. The summed E-state index contributed by atoms with van der Waals surface area (Å²) in [6.45, 7) is 3.78. The van der Waals surface area contributed by atoms with E-state index in [1.165, 1.54) is 17.0 Å². The lowest BCUT2D eigenvalue weighted by atomic mass is 10.1. The van der Waals surface area contributed by atoms with Crippen LogP contribution in [0.4, 0.5) is 10.8 Å². The van der Waals surface area contributed by atoms with Gasteiger partial charge >= 0.3 is 0 Å². The molecule has 1 aromatic carbocycles. The Bertz CT molecular complexity index is 1380. The normalized spacial score (nSPS) is 18.4. The molecule has 202 valence electrons. The van der Waals surface area contributed by atoms with Gasteiger partial charge in [0, 0.05) is 55.8 Å². The van der Waals surface area contributed by atoms with E-state index in [4.69, 9.17) is 9.72 Å². The van der Waals surface area contributed by atoms with Gasteiger partial charge in [0.1, 0.15) is 17.5 Å². The van der Waals surface area contributed by atoms with Gasteiger partial charge in [0.2, 0.25) is 0 Å². The van der Waals surface area contributed by atoms with Crippen LogP contribution in [-0.2, 0) is 6.54 Å². The zero-order valence-corrected chi connectivity index (χ0v) is 23.0. The molecule has 2 aliphatic rings. The van der Waals surface area contributed by atoms with Crippen molar-refractivity contribution in [2.75, 3.05) is 36.9 Å². The van der Waals surface area contributed by atoms with Crippen molar-refractivity contribution < 1.29 is 9.53 Å². The maximum atomic E-state index is 13.1. The van der Waals surface area contributed by atoms with Crippen LogP contribution in [0, 0.1) is 0 Å². The molecule has 8 nitrogen and oxygen atoms in total. The van der Waals surface area contributed by atoms with Crippen LogP contribution in [0.2, 0.25) is 0 Å². The highest BCUT2D eigenvalue weighted by Gasteiger charge is 2.29. The number of carbonyl (C=O) groups excluding carboxylic acids is 1. The van der Waals surface area contributed by atoms with Gasteiger partial charge in [0.25, 0.3) is 5.91 Å². The molecule has 0 bridgehead atoms. The number of nitrogens with zero attached hydrogens (tertiary/aromatic N) is 5. The maximum absolute atomic E-state index is 13.1. The van der Waals surface area contributed by atoms with Gasteiger partial charge in [-0.15, -0.1) is 11.3 Å². The van der Waals surface area contributed by atoms with E-state index in [0.717, 1.165) is 62.3 Å². The second-order valence-electron chi connectivity index (χ2n) is 10.4. The topological polar surface area (TPSA) is 75.5 Å². The molecule has 2 fully saturated rings. The van der Waals surface area contributed by atoms with Gasteiger partial charge in [0.15, 0.2) is 5.13 Å². The number of amides is 1. The molecular weight excluding hydrogens is 508 g/mol. The Morgan fingerprint density at radius 3 is 2.64 bits per heavy atom. The Labute approximate surface area is 233 Å². The number of hydrogen-bond donors (Lipinski definition) is 1. The molecule has 1 amide bonds. The summed E-state index contributed by atoms with van der Waals surface area (Å²) in [7, 11) is 2.17. The molecule has 1 N–H and O–H groups in total. The van der Waals surface area contributed by atoms with Crippen LogP contribution in [-0.4, -0.2) is 58.1 Å². The van der Waals surface area contributed by atoms with E-state index in [9.17, 15) is 4.79 Å². The van der Waals surface area contributed by atoms with E-state index >= 15 is 0 Å². The Morgan fingerprint density at radius 2 is 1.85 bits per heavy atom. The number of piperidine rings is 1. The number of rotatable bonds is 8. The molecule has 0 radical (unpaired) electrons. The fourth-order valence-corrected chi connectivity index (χ4v) is 6.25. The number of thiazole rings is 1. The highest BCUT2D eigenvalue weighted by molar-refractivity contribution is 7.14. The maximum Gasteiger partial charge on any atom is 0.274 e. The molecule has 6 rings (SSSR count). The van der Waals surface area contributed by atoms with E-state index in [2.05, 4.69) is 56.8 Å². The fourth-order valence-electron chi connectivity index (χ4n) is 5.50. The van der Waals surface area contributed by atoms with Gasteiger partial charge in [-0.2, -0.15) is 0 Å². The smallest absolute Gasteiger partial charge is 0.274 e. The van der Waals surface area contributed by atoms with E-state index in [-0.39, 0.29) is 11.9 Å². The van der Waals surface area contributed by atoms with Crippen LogP contribution in [0.15, 0.2) is 72.5 Å². The van der Waals surface area contributed by atoms with Crippen molar-refractivity contribution in [3.63, 3.8) is 0 Å². The van der Waals surface area contributed by atoms with Crippen molar-refractivity contribution >= 4 is 28.1 Å². The Balaban J connectivity index is 1.09. The zero-order valence-electron chi connectivity index (χ0n) is 22.2. The number of carbonyl (C=O) groups is 1. The molecule has 5 heterocycles. The largest absolute Gasteiger partial charge is 0.490 e.